The molecular weight excluding hydrogens is 230 g/mol. The van der Waals surface area contributed by atoms with E-state index < -0.39 is 5.97 Å². The average molecular weight is 253 g/mol. The topological polar surface area (TPSA) is 66.4 Å². The molecule has 0 unspecified atom stereocenters. The second-order valence-electron chi connectivity index (χ2n) is 6.93. The molecule has 0 aromatic rings. The number of hydrogen-bond donors (Lipinski definition) is 2. The predicted octanol–water partition coefficient (Wildman–Crippen LogP) is 2.04. The van der Waals surface area contributed by atoms with Gasteiger partial charge in [-0.25, -0.2) is 0 Å². The van der Waals surface area contributed by atoms with Gasteiger partial charge in [0.25, 0.3) is 0 Å². The van der Waals surface area contributed by atoms with Crippen LogP contribution in [0.1, 0.15) is 47.0 Å². The first-order valence-corrected chi connectivity index (χ1v) is 6.71. The second-order valence-corrected chi connectivity index (χ2v) is 6.93. The van der Waals surface area contributed by atoms with Crippen LogP contribution in [0.4, 0.5) is 0 Å². The number of hydrogen-bond acceptors (Lipinski definition) is 2. The molecule has 4 heteroatoms. The fourth-order valence-corrected chi connectivity index (χ4v) is 3.47. The van der Waals surface area contributed by atoms with Crippen molar-refractivity contribution in [3.8, 4) is 0 Å². The van der Waals surface area contributed by atoms with Crippen LogP contribution in [-0.4, -0.2) is 23.0 Å². The molecule has 18 heavy (non-hydrogen) atoms. The molecule has 2 aliphatic carbocycles. The lowest BCUT2D eigenvalue weighted by molar-refractivity contribution is -0.141. The average Bonchev–Trinajstić information content (AvgIpc) is 2.60. The molecule has 0 bridgehead atoms. The highest BCUT2D eigenvalue weighted by molar-refractivity contribution is 5.84. The fraction of sp³-hybridized carbons (Fsp3) is 0.857. The van der Waals surface area contributed by atoms with Crippen molar-refractivity contribution in [2.24, 2.45) is 22.7 Å². The lowest BCUT2D eigenvalue weighted by Crippen LogP contribution is -2.35. The van der Waals surface area contributed by atoms with Gasteiger partial charge in [0.05, 0.1) is 5.92 Å². The molecule has 0 spiro atoms. The molecule has 0 aliphatic heterocycles. The maximum atomic E-state index is 12.2. The van der Waals surface area contributed by atoms with Crippen LogP contribution < -0.4 is 5.32 Å². The van der Waals surface area contributed by atoms with Gasteiger partial charge in [0.1, 0.15) is 0 Å². The standard InChI is InChI=1S/C14H23NO3/c1-13(2)10(14(13,3)4)11(16)15-9-6-5-8(7-9)12(17)18/h8-10H,5-7H2,1-4H3,(H,15,16)(H,17,18)/t8-,9+/m0/s1. The summed E-state index contributed by atoms with van der Waals surface area (Å²) in [4.78, 5) is 23.1. The molecule has 102 valence electrons. The maximum Gasteiger partial charge on any atom is 0.306 e. The van der Waals surface area contributed by atoms with E-state index in [1.165, 1.54) is 0 Å². The van der Waals surface area contributed by atoms with Crippen molar-refractivity contribution in [1.29, 1.82) is 0 Å². The Hall–Kier alpha value is -1.06. The largest absolute Gasteiger partial charge is 0.481 e. The molecule has 0 aromatic heterocycles. The zero-order valence-corrected chi connectivity index (χ0v) is 11.6. The Balaban J connectivity index is 1.89. The van der Waals surface area contributed by atoms with Crippen LogP contribution in [0.25, 0.3) is 0 Å². The highest BCUT2D eigenvalue weighted by Gasteiger charge is 2.68. The number of carbonyl (C=O) groups excluding carboxylic acids is 1. The van der Waals surface area contributed by atoms with Crippen LogP contribution in [0.3, 0.4) is 0 Å². The Morgan fingerprint density at radius 3 is 2.06 bits per heavy atom. The van der Waals surface area contributed by atoms with E-state index in [1.807, 2.05) is 0 Å². The third-order valence-corrected chi connectivity index (χ3v) is 5.41. The second kappa shape index (κ2) is 3.97. The van der Waals surface area contributed by atoms with Crippen LogP contribution in [0.5, 0.6) is 0 Å². The quantitative estimate of drug-likeness (QED) is 0.809. The molecule has 2 fully saturated rings. The van der Waals surface area contributed by atoms with Crippen molar-refractivity contribution in [2.75, 3.05) is 0 Å². The number of carboxylic acids is 1. The molecule has 0 saturated heterocycles. The van der Waals surface area contributed by atoms with Gasteiger partial charge in [-0.1, -0.05) is 27.7 Å². The van der Waals surface area contributed by atoms with E-state index in [9.17, 15) is 9.59 Å². The molecule has 2 aliphatic rings. The monoisotopic (exact) mass is 253 g/mol. The first-order valence-electron chi connectivity index (χ1n) is 6.71. The third kappa shape index (κ3) is 1.91. The minimum absolute atomic E-state index is 0.0435. The molecule has 2 saturated carbocycles. The summed E-state index contributed by atoms with van der Waals surface area (Å²) >= 11 is 0. The molecule has 0 radical (unpaired) electrons. The van der Waals surface area contributed by atoms with E-state index in [4.69, 9.17) is 5.11 Å². The summed E-state index contributed by atoms with van der Waals surface area (Å²) in [6.45, 7) is 8.47. The minimum Gasteiger partial charge on any atom is -0.481 e. The van der Waals surface area contributed by atoms with E-state index in [0.29, 0.717) is 12.8 Å². The normalized spacial score (nSPS) is 33.1. The molecule has 0 aromatic carbocycles. The van der Waals surface area contributed by atoms with Gasteiger partial charge in [0.2, 0.25) is 5.91 Å². The van der Waals surface area contributed by atoms with Gasteiger partial charge >= 0.3 is 5.97 Å². The molecule has 2 atom stereocenters. The number of carboxylic acid groups (broad SMARTS) is 1. The summed E-state index contributed by atoms with van der Waals surface area (Å²) in [6.07, 6.45) is 2.04. The van der Waals surface area contributed by atoms with Crippen molar-refractivity contribution >= 4 is 11.9 Å². The van der Waals surface area contributed by atoms with Crippen LogP contribution in [0, 0.1) is 22.7 Å². The van der Waals surface area contributed by atoms with E-state index >= 15 is 0 Å². The van der Waals surface area contributed by atoms with Crippen molar-refractivity contribution in [2.45, 2.75) is 53.0 Å². The summed E-state index contributed by atoms with van der Waals surface area (Å²) in [5.41, 5.74) is 0.0871. The first kappa shape index (κ1) is 13.4. The van der Waals surface area contributed by atoms with E-state index in [-0.39, 0.29) is 34.6 Å². The summed E-state index contributed by atoms with van der Waals surface area (Å²) in [5.74, 6) is -0.871. The fourth-order valence-electron chi connectivity index (χ4n) is 3.47. The SMILES string of the molecule is CC1(C)C(C(=O)N[C@@H]2CC[C@H](C(=O)O)C2)C1(C)C. The lowest BCUT2D eigenvalue weighted by Gasteiger charge is -2.13. The van der Waals surface area contributed by atoms with Gasteiger partial charge in [-0.2, -0.15) is 0 Å². The van der Waals surface area contributed by atoms with Crippen LogP contribution in [0.2, 0.25) is 0 Å². The van der Waals surface area contributed by atoms with Gasteiger partial charge < -0.3 is 10.4 Å². The molecule has 2 N–H and O–H groups in total. The Morgan fingerprint density at radius 2 is 1.67 bits per heavy atom. The summed E-state index contributed by atoms with van der Waals surface area (Å²) in [5, 5.41) is 12.0. The van der Waals surface area contributed by atoms with Crippen molar-refractivity contribution in [1.82, 2.24) is 5.32 Å². The number of rotatable bonds is 3. The number of amides is 1. The predicted molar refractivity (Wildman–Crippen MR) is 68.0 cm³/mol. The highest BCUT2D eigenvalue weighted by atomic mass is 16.4. The maximum absolute atomic E-state index is 12.2. The molecule has 0 heterocycles. The van der Waals surface area contributed by atoms with Crippen molar-refractivity contribution in [3.05, 3.63) is 0 Å². The minimum atomic E-state index is -0.737. The zero-order valence-electron chi connectivity index (χ0n) is 11.6. The van der Waals surface area contributed by atoms with Gasteiger partial charge in [0.15, 0.2) is 0 Å². The number of aliphatic carboxylic acids is 1. The molecule has 1 amide bonds. The summed E-state index contributed by atoms with van der Waals surface area (Å²) in [7, 11) is 0. The van der Waals surface area contributed by atoms with Crippen molar-refractivity contribution < 1.29 is 14.7 Å². The Morgan fingerprint density at radius 1 is 1.11 bits per heavy atom. The van der Waals surface area contributed by atoms with Crippen LogP contribution >= 0.6 is 0 Å². The van der Waals surface area contributed by atoms with Crippen LogP contribution in [0.15, 0.2) is 0 Å². The smallest absolute Gasteiger partial charge is 0.306 e. The third-order valence-electron chi connectivity index (χ3n) is 5.41. The number of nitrogens with one attached hydrogen (secondary N) is 1. The Kier molecular flexibility index (Phi) is 2.95. The highest BCUT2D eigenvalue weighted by Crippen LogP contribution is 2.68. The summed E-state index contributed by atoms with van der Waals surface area (Å²) < 4.78 is 0. The van der Waals surface area contributed by atoms with E-state index in [2.05, 4.69) is 33.0 Å². The van der Waals surface area contributed by atoms with E-state index in [1.54, 1.807) is 0 Å². The Bertz CT molecular complexity index is 373. The Labute approximate surface area is 108 Å². The molecule has 2 rings (SSSR count). The molecule has 4 nitrogen and oxygen atoms in total. The van der Waals surface area contributed by atoms with Crippen LogP contribution in [-0.2, 0) is 9.59 Å². The summed E-state index contributed by atoms with van der Waals surface area (Å²) in [6, 6.07) is 0.0470. The van der Waals surface area contributed by atoms with Crippen molar-refractivity contribution in [3.63, 3.8) is 0 Å². The number of carbonyl (C=O) groups is 2. The van der Waals surface area contributed by atoms with Gasteiger partial charge in [-0.15, -0.1) is 0 Å². The van der Waals surface area contributed by atoms with Gasteiger partial charge in [0, 0.05) is 12.0 Å². The molecular formula is C14H23NO3. The van der Waals surface area contributed by atoms with Gasteiger partial charge in [-0.3, -0.25) is 9.59 Å². The van der Waals surface area contributed by atoms with E-state index in [0.717, 1.165) is 6.42 Å². The van der Waals surface area contributed by atoms with Gasteiger partial charge in [-0.05, 0) is 30.1 Å². The zero-order chi connectivity index (χ0) is 13.7. The lowest BCUT2D eigenvalue weighted by atomic mass is 10.0. The first-order chi connectivity index (χ1) is 8.18.